The van der Waals surface area contributed by atoms with E-state index in [1.54, 1.807) is 13.0 Å². The third kappa shape index (κ3) is 3.00. The van der Waals surface area contributed by atoms with Crippen molar-refractivity contribution in [3.8, 4) is 0 Å². The van der Waals surface area contributed by atoms with Crippen molar-refractivity contribution in [3.63, 3.8) is 0 Å². The summed E-state index contributed by atoms with van der Waals surface area (Å²) in [5, 5.41) is -0.247. The minimum absolute atomic E-state index is 0.00661. The van der Waals surface area contributed by atoms with Gasteiger partial charge in [0.1, 0.15) is 0 Å². The Labute approximate surface area is 124 Å². The Balaban J connectivity index is 2.30. The highest BCUT2D eigenvalue weighted by Crippen LogP contribution is 2.26. The summed E-state index contributed by atoms with van der Waals surface area (Å²) in [5.74, 6) is 0. The summed E-state index contributed by atoms with van der Waals surface area (Å²) in [4.78, 5) is 0.0993. The van der Waals surface area contributed by atoms with E-state index in [9.17, 15) is 16.8 Å². The molecule has 1 aromatic carbocycles. The second kappa shape index (κ2) is 5.29. The van der Waals surface area contributed by atoms with Crippen molar-refractivity contribution in [2.45, 2.75) is 23.5 Å². The molecule has 1 saturated heterocycles. The first-order valence-electron chi connectivity index (χ1n) is 6.07. The molecule has 0 bridgehead atoms. The molecule has 0 unspecified atom stereocenters. The Morgan fingerprint density at radius 1 is 1.25 bits per heavy atom. The van der Waals surface area contributed by atoms with Crippen LogP contribution in [0.1, 0.15) is 12.0 Å². The monoisotopic (exact) mass is 337 g/mol. The number of halogens is 1. The van der Waals surface area contributed by atoms with E-state index >= 15 is 0 Å². The molecule has 8 heteroatoms. The molecule has 0 radical (unpaired) electrons. The van der Waals surface area contributed by atoms with Crippen LogP contribution in [0.25, 0.3) is 0 Å². The molecule has 2 rings (SSSR count). The lowest BCUT2D eigenvalue weighted by Crippen LogP contribution is -2.31. The quantitative estimate of drug-likeness (QED) is 0.837. The molecule has 0 aromatic heterocycles. The van der Waals surface area contributed by atoms with Gasteiger partial charge in [-0.2, -0.15) is 4.31 Å². The van der Waals surface area contributed by atoms with Crippen LogP contribution in [0.2, 0.25) is 5.02 Å². The molecule has 20 heavy (non-hydrogen) atoms. The van der Waals surface area contributed by atoms with Gasteiger partial charge in [0.05, 0.1) is 10.1 Å². The molecule has 1 aliphatic rings. The molecule has 1 fully saturated rings. The van der Waals surface area contributed by atoms with E-state index in [1.165, 1.54) is 16.4 Å². The van der Waals surface area contributed by atoms with Crippen LogP contribution in [-0.2, 0) is 19.9 Å². The third-order valence-electron chi connectivity index (χ3n) is 3.49. The van der Waals surface area contributed by atoms with E-state index in [2.05, 4.69) is 0 Å². The first kappa shape index (κ1) is 15.8. The van der Waals surface area contributed by atoms with Crippen LogP contribution in [0.15, 0.2) is 23.1 Å². The van der Waals surface area contributed by atoms with Crippen LogP contribution >= 0.6 is 11.6 Å². The van der Waals surface area contributed by atoms with Crippen molar-refractivity contribution < 1.29 is 16.8 Å². The summed E-state index contributed by atoms with van der Waals surface area (Å²) in [6.45, 7) is 2.01. The van der Waals surface area contributed by atoms with Crippen LogP contribution in [0, 0.1) is 6.92 Å². The summed E-state index contributed by atoms with van der Waals surface area (Å²) >= 11 is 5.95. The zero-order valence-electron chi connectivity index (χ0n) is 11.2. The normalized spacial score (nSPS) is 21.2. The number of hydrogen-bond acceptors (Lipinski definition) is 4. The number of sulfonamides is 1. The molecule has 1 heterocycles. The summed E-state index contributed by atoms with van der Waals surface area (Å²) in [6.07, 6.45) is 1.47. The minimum atomic E-state index is -3.69. The zero-order chi connectivity index (χ0) is 15.1. The van der Waals surface area contributed by atoms with Crippen molar-refractivity contribution in [1.29, 1.82) is 0 Å². The van der Waals surface area contributed by atoms with Crippen LogP contribution in [0.4, 0.5) is 0 Å². The van der Waals surface area contributed by atoms with Crippen molar-refractivity contribution >= 4 is 31.5 Å². The Hall–Kier alpha value is -0.630. The Morgan fingerprint density at radius 3 is 2.40 bits per heavy atom. The topological polar surface area (TPSA) is 71.5 Å². The lowest BCUT2D eigenvalue weighted by atomic mass is 10.2. The summed E-state index contributed by atoms with van der Waals surface area (Å²) in [6, 6.07) is 4.53. The second-order valence-electron chi connectivity index (χ2n) is 5.01. The van der Waals surface area contributed by atoms with Crippen molar-refractivity contribution in [3.05, 3.63) is 28.8 Å². The number of rotatable bonds is 3. The predicted molar refractivity (Wildman–Crippen MR) is 78.2 cm³/mol. The largest absolute Gasteiger partial charge is 0.243 e. The fourth-order valence-electron chi connectivity index (χ4n) is 2.15. The van der Waals surface area contributed by atoms with Crippen LogP contribution in [0.5, 0.6) is 0 Å². The highest BCUT2D eigenvalue weighted by Gasteiger charge is 2.37. The van der Waals surface area contributed by atoms with Gasteiger partial charge in [0.15, 0.2) is 9.84 Å². The van der Waals surface area contributed by atoms with Crippen LogP contribution in [0.3, 0.4) is 0 Å². The molecule has 5 nitrogen and oxygen atoms in total. The van der Waals surface area contributed by atoms with Gasteiger partial charge < -0.3 is 0 Å². The highest BCUT2D eigenvalue weighted by molar-refractivity contribution is 7.91. The SMILES string of the molecule is Cc1ccc(S(=O)(=O)N2CC[C@H](S(C)(=O)=O)C2)cc1Cl. The van der Waals surface area contributed by atoms with Gasteiger partial charge in [-0.3, -0.25) is 0 Å². The maximum absolute atomic E-state index is 12.4. The Bertz CT molecular complexity index is 728. The molecule has 0 saturated carbocycles. The Morgan fingerprint density at radius 2 is 1.90 bits per heavy atom. The van der Waals surface area contributed by atoms with Crippen molar-refractivity contribution in [2.75, 3.05) is 19.3 Å². The fourth-order valence-corrected chi connectivity index (χ4v) is 5.00. The standard InChI is InChI=1S/C12H16ClNO4S2/c1-9-3-4-10(7-12(9)13)20(17,18)14-6-5-11(8-14)19(2,15)16/h3-4,7,11H,5-6,8H2,1-2H3/t11-/m0/s1. The maximum atomic E-state index is 12.4. The number of benzene rings is 1. The van der Waals surface area contributed by atoms with Gasteiger partial charge in [-0.1, -0.05) is 17.7 Å². The molecule has 112 valence electrons. The minimum Gasteiger partial charge on any atom is -0.229 e. The van der Waals surface area contributed by atoms with E-state index in [0.29, 0.717) is 11.4 Å². The zero-order valence-corrected chi connectivity index (χ0v) is 13.6. The first-order valence-corrected chi connectivity index (χ1v) is 9.85. The molecule has 0 aliphatic carbocycles. The van der Waals surface area contributed by atoms with Crippen molar-refractivity contribution in [1.82, 2.24) is 4.31 Å². The fraction of sp³-hybridized carbons (Fsp3) is 0.500. The molecular weight excluding hydrogens is 322 g/mol. The molecule has 1 aliphatic heterocycles. The lowest BCUT2D eigenvalue weighted by Gasteiger charge is -2.16. The molecule has 0 amide bonds. The Kier molecular flexibility index (Phi) is 4.17. The summed E-state index contributed by atoms with van der Waals surface area (Å²) in [7, 11) is -6.91. The molecular formula is C12H16ClNO4S2. The van der Waals surface area contributed by atoms with Gasteiger partial charge in [-0.15, -0.1) is 0 Å². The summed E-state index contributed by atoms with van der Waals surface area (Å²) in [5.41, 5.74) is 0.793. The lowest BCUT2D eigenvalue weighted by molar-refractivity contribution is 0.477. The van der Waals surface area contributed by atoms with Crippen LogP contribution < -0.4 is 0 Å². The molecule has 0 N–H and O–H groups in total. The van der Waals surface area contributed by atoms with Gasteiger partial charge in [-0.25, -0.2) is 16.8 Å². The highest BCUT2D eigenvalue weighted by atomic mass is 35.5. The molecule has 1 aromatic rings. The molecule has 0 spiro atoms. The van der Waals surface area contributed by atoms with Gasteiger partial charge in [0.2, 0.25) is 10.0 Å². The van der Waals surface area contributed by atoms with Crippen LogP contribution in [-0.4, -0.2) is 45.7 Å². The number of aryl methyl sites for hydroxylation is 1. The summed E-state index contributed by atoms with van der Waals surface area (Å²) < 4.78 is 49.1. The molecule has 1 atom stereocenters. The number of nitrogens with zero attached hydrogens (tertiary/aromatic N) is 1. The van der Waals surface area contributed by atoms with E-state index in [0.717, 1.165) is 11.8 Å². The second-order valence-corrected chi connectivity index (χ2v) is 9.69. The van der Waals surface area contributed by atoms with Crippen molar-refractivity contribution in [2.24, 2.45) is 0 Å². The number of sulfone groups is 1. The van der Waals surface area contributed by atoms with Gasteiger partial charge in [-0.05, 0) is 31.0 Å². The number of hydrogen-bond donors (Lipinski definition) is 0. The average molecular weight is 338 g/mol. The van der Waals surface area contributed by atoms with E-state index in [1.807, 2.05) is 0 Å². The van der Waals surface area contributed by atoms with Gasteiger partial charge in [0, 0.05) is 24.4 Å². The smallest absolute Gasteiger partial charge is 0.229 e. The predicted octanol–water partition coefficient (Wildman–Crippen LogP) is 1.46. The average Bonchev–Trinajstić information content (AvgIpc) is 2.82. The van der Waals surface area contributed by atoms with E-state index in [4.69, 9.17) is 11.6 Å². The van der Waals surface area contributed by atoms with Gasteiger partial charge >= 0.3 is 0 Å². The van der Waals surface area contributed by atoms with E-state index < -0.39 is 25.1 Å². The van der Waals surface area contributed by atoms with E-state index in [-0.39, 0.29) is 18.0 Å². The first-order chi connectivity index (χ1) is 9.12. The third-order valence-corrected chi connectivity index (χ3v) is 7.36. The van der Waals surface area contributed by atoms with Gasteiger partial charge in [0.25, 0.3) is 0 Å². The maximum Gasteiger partial charge on any atom is 0.243 e.